The van der Waals surface area contributed by atoms with E-state index in [1.165, 1.54) is 28.8 Å². The van der Waals surface area contributed by atoms with Crippen molar-refractivity contribution in [3.8, 4) is 11.5 Å². The van der Waals surface area contributed by atoms with E-state index in [1.54, 1.807) is 38.4 Å². The van der Waals surface area contributed by atoms with Crippen LogP contribution in [-0.4, -0.2) is 47.8 Å². The number of amides is 1. The third-order valence-electron chi connectivity index (χ3n) is 4.16. The number of aliphatic imine (C=N–C) groups is 1. The van der Waals surface area contributed by atoms with Gasteiger partial charge in [-0.15, -0.1) is 0 Å². The van der Waals surface area contributed by atoms with Crippen LogP contribution < -0.4 is 9.47 Å². The number of hydrogen-bond donors (Lipinski definition) is 1. The largest absolute Gasteiger partial charge is 0.493 e. The van der Waals surface area contributed by atoms with Gasteiger partial charge in [0.05, 0.1) is 34.3 Å². The molecule has 1 heterocycles. The highest BCUT2D eigenvalue weighted by Crippen LogP contribution is 2.39. The summed E-state index contributed by atoms with van der Waals surface area (Å²) in [6.45, 7) is 2.38. The highest BCUT2D eigenvalue weighted by molar-refractivity contribution is 9.10. The average molecular weight is 491 g/mol. The van der Waals surface area contributed by atoms with E-state index in [9.17, 15) is 9.59 Å². The fraction of sp³-hybridized carbons (Fsp3) is 0.190. The van der Waals surface area contributed by atoms with Gasteiger partial charge in [-0.05, 0) is 76.6 Å². The molecule has 156 valence electrons. The Labute approximate surface area is 186 Å². The third-order valence-corrected chi connectivity index (χ3v) is 5.81. The lowest BCUT2D eigenvalue weighted by Crippen LogP contribution is -2.23. The first-order valence-corrected chi connectivity index (χ1v) is 10.5. The first-order valence-electron chi connectivity index (χ1n) is 8.94. The van der Waals surface area contributed by atoms with E-state index in [1.807, 2.05) is 13.0 Å². The topological polar surface area (TPSA) is 88.4 Å². The lowest BCUT2D eigenvalue weighted by molar-refractivity contribution is -0.121. The molecule has 0 spiro atoms. The molecule has 30 heavy (non-hydrogen) atoms. The standard InChI is InChI=1S/C21H19BrN2O5S/c1-4-29-18-15(22)8-12(9-16(18)28-3)10-17-19(25)24(2)21(30-17)23-14-7-5-6-13(11-14)20(26)27/h5-11H,4H2,1-3H3,(H,26,27)/b17-10+,23-21?. The van der Waals surface area contributed by atoms with Crippen molar-refractivity contribution in [2.45, 2.75) is 6.92 Å². The molecule has 1 amide bonds. The Morgan fingerprint density at radius 1 is 1.33 bits per heavy atom. The Morgan fingerprint density at radius 2 is 2.10 bits per heavy atom. The molecule has 9 heteroatoms. The summed E-state index contributed by atoms with van der Waals surface area (Å²) in [6, 6.07) is 9.90. The van der Waals surface area contributed by atoms with Gasteiger partial charge < -0.3 is 14.6 Å². The molecule has 1 saturated heterocycles. The van der Waals surface area contributed by atoms with Gasteiger partial charge >= 0.3 is 5.97 Å². The first-order chi connectivity index (χ1) is 14.3. The summed E-state index contributed by atoms with van der Waals surface area (Å²) >= 11 is 4.70. The van der Waals surface area contributed by atoms with Gasteiger partial charge in [-0.1, -0.05) is 6.07 Å². The zero-order valence-electron chi connectivity index (χ0n) is 16.5. The highest BCUT2D eigenvalue weighted by atomic mass is 79.9. The van der Waals surface area contributed by atoms with Crippen LogP contribution in [0, 0.1) is 0 Å². The van der Waals surface area contributed by atoms with Crippen LogP contribution in [0.2, 0.25) is 0 Å². The molecular weight excluding hydrogens is 472 g/mol. The number of carbonyl (C=O) groups excluding carboxylic acids is 1. The van der Waals surface area contributed by atoms with Gasteiger partial charge in [-0.2, -0.15) is 0 Å². The molecule has 1 aliphatic heterocycles. The van der Waals surface area contributed by atoms with Crippen molar-refractivity contribution in [2.75, 3.05) is 20.8 Å². The number of hydrogen-bond acceptors (Lipinski definition) is 6. The lowest BCUT2D eigenvalue weighted by atomic mass is 10.2. The van der Waals surface area contributed by atoms with E-state index in [-0.39, 0.29) is 11.5 Å². The molecule has 0 bridgehead atoms. The molecule has 2 aromatic rings. The number of amidine groups is 1. The maximum Gasteiger partial charge on any atom is 0.335 e. The Balaban J connectivity index is 1.93. The molecule has 2 aromatic carbocycles. The van der Waals surface area contributed by atoms with Crippen molar-refractivity contribution < 1.29 is 24.2 Å². The predicted molar refractivity (Wildman–Crippen MR) is 121 cm³/mol. The van der Waals surface area contributed by atoms with Gasteiger partial charge in [0.15, 0.2) is 16.7 Å². The second-order valence-corrected chi connectivity index (χ2v) is 8.06. The van der Waals surface area contributed by atoms with E-state index >= 15 is 0 Å². The molecule has 1 aliphatic rings. The smallest absolute Gasteiger partial charge is 0.335 e. The van der Waals surface area contributed by atoms with Crippen molar-refractivity contribution >= 4 is 56.5 Å². The van der Waals surface area contributed by atoms with Crippen LogP contribution in [-0.2, 0) is 4.79 Å². The van der Waals surface area contributed by atoms with Gasteiger partial charge in [0.1, 0.15) is 0 Å². The summed E-state index contributed by atoms with van der Waals surface area (Å²) in [5.41, 5.74) is 1.36. The number of benzene rings is 2. The minimum absolute atomic E-state index is 0.135. The number of rotatable bonds is 6. The van der Waals surface area contributed by atoms with E-state index in [0.717, 1.165) is 10.0 Å². The molecule has 0 aliphatic carbocycles. The summed E-state index contributed by atoms with van der Waals surface area (Å²) in [6.07, 6.45) is 1.75. The highest BCUT2D eigenvalue weighted by Gasteiger charge is 2.30. The number of carboxylic acids is 1. The first kappa shape index (κ1) is 21.9. The predicted octanol–water partition coefficient (Wildman–Crippen LogP) is 4.79. The molecule has 0 unspecified atom stereocenters. The second kappa shape index (κ2) is 9.36. The number of carboxylic acid groups (broad SMARTS) is 1. The maximum absolute atomic E-state index is 12.7. The van der Waals surface area contributed by atoms with Crippen LogP contribution in [0.5, 0.6) is 11.5 Å². The lowest BCUT2D eigenvalue weighted by Gasteiger charge is -2.12. The SMILES string of the molecule is CCOc1c(Br)cc(/C=C2/SC(=Nc3cccc(C(=O)O)c3)N(C)C2=O)cc1OC. The van der Waals surface area contributed by atoms with E-state index in [4.69, 9.17) is 14.6 Å². The molecule has 3 rings (SSSR count). The molecule has 1 N–H and O–H groups in total. The number of likely N-dealkylation sites (N-methyl/N-ethyl adjacent to an activating group) is 1. The van der Waals surface area contributed by atoms with Crippen molar-refractivity contribution in [2.24, 2.45) is 4.99 Å². The number of aromatic carboxylic acids is 1. The number of ether oxygens (including phenoxy) is 2. The Kier molecular flexibility index (Phi) is 6.84. The average Bonchev–Trinajstić information content (AvgIpc) is 2.97. The quantitative estimate of drug-likeness (QED) is 0.585. The van der Waals surface area contributed by atoms with Gasteiger partial charge in [-0.3, -0.25) is 9.69 Å². The molecule has 0 aromatic heterocycles. The molecule has 7 nitrogen and oxygen atoms in total. The second-order valence-electron chi connectivity index (χ2n) is 6.19. The molecular formula is C21H19BrN2O5S. The van der Waals surface area contributed by atoms with Gasteiger partial charge in [0.25, 0.3) is 5.91 Å². The summed E-state index contributed by atoms with van der Waals surface area (Å²) in [5, 5.41) is 9.60. The molecule has 0 saturated carbocycles. The summed E-state index contributed by atoms with van der Waals surface area (Å²) in [7, 11) is 3.19. The minimum Gasteiger partial charge on any atom is -0.493 e. The van der Waals surface area contributed by atoms with Gasteiger partial charge in [0, 0.05) is 7.05 Å². The summed E-state index contributed by atoms with van der Waals surface area (Å²) < 4.78 is 11.7. The molecule has 1 fully saturated rings. The summed E-state index contributed by atoms with van der Waals surface area (Å²) in [4.78, 5) is 30.2. The van der Waals surface area contributed by atoms with Crippen LogP contribution in [0.4, 0.5) is 5.69 Å². The van der Waals surface area contributed by atoms with Crippen molar-refractivity contribution in [3.05, 3.63) is 56.9 Å². The van der Waals surface area contributed by atoms with Crippen LogP contribution in [0.1, 0.15) is 22.8 Å². The van der Waals surface area contributed by atoms with E-state index in [2.05, 4.69) is 20.9 Å². The van der Waals surface area contributed by atoms with Crippen LogP contribution in [0.3, 0.4) is 0 Å². The van der Waals surface area contributed by atoms with Gasteiger partial charge in [-0.25, -0.2) is 9.79 Å². The minimum atomic E-state index is -1.03. The van der Waals surface area contributed by atoms with Gasteiger partial charge in [0.2, 0.25) is 0 Å². The third kappa shape index (κ3) is 4.68. The normalized spacial score (nSPS) is 16.4. The van der Waals surface area contributed by atoms with E-state index < -0.39 is 5.97 Å². The van der Waals surface area contributed by atoms with Crippen LogP contribution in [0.25, 0.3) is 6.08 Å². The Morgan fingerprint density at radius 3 is 2.77 bits per heavy atom. The Bertz CT molecular complexity index is 1070. The number of methoxy groups -OCH3 is 1. The van der Waals surface area contributed by atoms with Crippen molar-refractivity contribution in [1.82, 2.24) is 4.90 Å². The number of nitrogens with zero attached hydrogens (tertiary/aromatic N) is 2. The van der Waals surface area contributed by atoms with E-state index in [0.29, 0.717) is 33.9 Å². The zero-order valence-corrected chi connectivity index (χ0v) is 18.9. The fourth-order valence-corrected chi connectivity index (χ4v) is 4.29. The monoisotopic (exact) mass is 490 g/mol. The van der Waals surface area contributed by atoms with Crippen LogP contribution in [0.15, 0.2) is 50.8 Å². The number of carbonyl (C=O) groups is 2. The molecule has 0 radical (unpaired) electrons. The Hall–Kier alpha value is -2.78. The maximum atomic E-state index is 12.7. The van der Waals surface area contributed by atoms with Crippen molar-refractivity contribution in [3.63, 3.8) is 0 Å². The fourth-order valence-electron chi connectivity index (χ4n) is 2.73. The zero-order chi connectivity index (χ0) is 21.8. The summed E-state index contributed by atoms with van der Waals surface area (Å²) in [5.74, 6) is -0.0697. The molecule has 0 atom stereocenters. The van der Waals surface area contributed by atoms with Crippen LogP contribution >= 0.6 is 27.7 Å². The van der Waals surface area contributed by atoms with Crippen molar-refractivity contribution in [1.29, 1.82) is 0 Å². The number of thioether (sulfide) groups is 1. The number of halogens is 1.